The molecule has 0 spiro atoms. The molecule has 7 nitrogen and oxygen atoms in total. The van der Waals surface area contributed by atoms with Crippen molar-refractivity contribution < 1.29 is 19.8 Å². The number of piperidine rings is 1. The summed E-state index contributed by atoms with van der Waals surface area (Å²) in [4.78, 5) is 21.7. The van der Waals surface area contributed by atoms with Crippen LogP contribution in [0.5, 0.6) is 0 Å². The van der Waals surface area contributed by atoms with Crippen molar-refractivity contribution in [2.75, 3.05) is 12.4 Å². The number of rotatable bonds is 5. The fourth-order valence-electron chi connectivity index (χ4n) is 5.13. The fourth-order valence-corrected chi connectivity index (χ4v) is 5.13. The van der Waals surface area contributed by atoms with Crippen molar-refractivity contribution in [1.82, 2.24) is 9.47 Å². The van der Waals surface area contributed by atoms with E-state index in [2.05, 4.69) is 83.6 Å². The lowest BCUT2D eigenvalue weighted by atomic mass is 9.97. The molecular weight excluding hydrogens is 430 g/mol. The van der Waals surface area contributed by atoms with Gasteiger partial charge in [-0.3, -0.25) is 0 Å². The molecule has 0 unspecified atom stereocenters. The van der Waals surface area contributed by atoms with Crippen LogP contribution in [0, 0.1) is 0 Å². The van der Waals surface area contributed by atoms with Crippen LogP contribution >= 0.6 is 0 Å². The predicted octanol–water partition coefficient (Wildman–Crippen LogP) is 4.59. The van der Waals surface area contributed by atoms with Gasteiger partial charge in [-0.2, -0.15) is 0 Å². The van der Waals surface area contributed by atoms with Crippen LogP contribution in [0.15, 0.2) is 66.9 Å². The van der Waals surface area contributed by atoms with Gasteiger partial charge < -0.3 is 25.0 Å². The van der Waals surface area contributed by atoms with Crippen LogP contribution in [-0.2, 0) is 16.6 Å². The Morgan fingerprint density at radius 3 is 2.06 bits per heavy atom. The van der Waals surface area contributed by atoms with Crippen molar-refractivity contribution in [3.05, 3.63) is 66.9 Å². The van der Waals surface area contributed by atoms with Crippen molar-refractivity contribution in [3.63, 3.8) is 0 Å². The third kappa shape index (κ3) is 5.48. The summed E-state index contributed by atoms with van der Waals surface area (Å²) in [5, 5.41) is 20.7. The molecule has 0 amide bonds. The Morgan fingerprint density at radius 1 is 0.882 bits per heavy atom. The number of anilines is 1. The standard InChI is InChI=1S/C23H27N3.C4H4O4/c1-25-12-11-18-13-17(5-10-23(18)25)16-3-6-19(7-4-16)24-20-14-21-8-9-22(15-20)26(21)2;5-3(6)1-2-4(7)8/h3-7,10-13,20-22,24H,8-9,14-15H2,1-2H3;1-2H,(H,5,6)(H,7,8)/b;2-1+/t20-,21+,22-;. The largest absolute Gasteiger partial charge is 0.478 e. The molecule has 178 valence electrons. The molecule has 1 aromatic heterocycles. The molecule has 2 aliphatic rings. The number of nitrogens with one attached hydrogen (secondary N) is 1. The monoisotopic (exact) mass is 461 g/mol. The summed E-state index contributed by atoms with van der Waals surface area (Å²) in [7, 11) is 4.40. The van der Waals surface area contributed by atoms with Crippen LogP contribution in [-0.4, -0.2) is 56.8 Å². The Labute approximate surface area is 199 Å². The number of carboxylic acids is 2. The first-order valence-electron chi connectivity index (χ1n) is 11.6. The zero-order valence-electron chi connectivity index (χ0n) is 19.5. The lowest BCUT2D eigenvalue weighted by molar-refractivity contribution is -0.134. The molecular formula is C27H31N3O4. The number of carboxylic acid groups (broad SMARTS) is 2. The second-order valence-electron chi connectivity index (χ2n) is 9.15. The van der Waals surface area contributed by atoms with Crippen LogP contribution < -0.4 is 5.32 Å². The third-order valence-corrected chi connectivity index (χ3v) is 6.94. The molecule has 0 saturated carbocycles. The topological polar surface area (TPSA) is 94.8 Å². The summed E-state index contributed by atoms with van der Waals surface area (Å²) in [6, 6.07) is 20.1. The Kier molecular flexibility index (Phi) is 7.03. The molecule has 3 N–H and O–H groups in total. The van der Waals surface area contributed by atoms with Gasteiger partial charge in [-0.15, -0.1) is 0 Å². The first kappa shape index (κ1) is 23.6. The van der Waals surface area contributed by atoms with Crippen LogP contribution in [0.4, 0.5) is 5.69 Å². The van der Waals surface area contributed by atoms with E-state index in [0.717, 1.165) is 12.1 Å². The number of aromatic nitrogens is 1. The molecule has 3 heterocycles. The Hall–Kier alpha value is -3.58. The highest BCUT2D eigenvalue weighted by atomic mass is 16.4. The summed E-state index contributed by atoms with van der Waals surface area (Å²) >= 11 is 0. The highest BCUT2D eigenvalue weighted by Crippen LogP contribution is 2.35. The molecule has 3 atom stereocenters. The molecule has 34 heavy (non-hydrogen) atoms. The summed E-state index contributed by atoms with van der Waals surface area (Å²) in [6.07, 6.45) is 8.54. The average molecular weight is 462 g/mol. The van der Waals surface area contributed by atoms with Gasteiger partial charge in [0.25, 0.3) is 0 Å². The van der Waals surface area contributed by atoms with Crippen molar-refractivity contribution in [1.29, 1.82) is 0 Å². The fraction of sp³-hybridized carbons (Fsp3) is 0.333. The van der Waals surface area contributed by atoms with Crippen LogP contribution in [0.3, 0.4) is 0 Å². The number of carbonyl (C=O) groups is 2. The van der Waals surface area contributed by atoms with Crippen molar-refractivity contribution in [2.45, 2.75) is 43.8 Å². The molecule has 7 heteroatoms. The molecule has 0 radical (unpaired) electrons. The third-order valence-electron chi connectivity index (χ3n) is 6.94. The Bertz CT molecular complexity index is 1170. The lowest BCUT2D eigenvalue weighted by Gasteiger charge is -2.37. The highest BCUT2D eigenvalue weighted by molar-refractivity contribution is 5.89. The number of hydrogen-bond acceptors (Lipinski definition) is 4. The maximum Gasteiger partial charge on any atom is 0.328 e. The minimum atomic E-state index is -1.26. The maximum absolute atomic E-state index is 9.55. The minimum Gasteiger partial charge on any atom is -0.478 e. The second-order valence-corrected chi connectivity index (χ2v) is 9.15. The van der Waals surface area contributed by atoms with Gasteiger partial charge in [-0.25, -0.2) is 9.59 Å². The van der Waals surface area contributed by atoms with E-state index in [9.17, 15) is 9.59 Å². The van der Waals surface area contributed by atoms with E-state index in [4.69, 9.17) is 10.2 Å². The molecule has 2 saturated heterocycles. The second kappa shape index (κ2) is 10.1. The van der Waals surface area contributed by atoms with E-state index in [-0.39, 0.29) is 0 Å². The number of nitrogens with zero attached hydrogens (tertiary/aromatic N) is 2. The molecule has 3 aromatic rings. The van der Waals surface area contributed by atoms with E-state index < -0.39 is 11.9 Å². The van der Waals surface area contributed by atoms with Crippen LogP contribution in [0.2, 0.25) is 0 Å². The van der Waals surface area contributed by atoms with E-state index in [1.54, 1.807) is 0 Å². The average Bonchev–Trinajstić information content (AvgIpc) is 3.26. The normalized spacial score (nSPS) is 21.9. The quantitative estimate of drug-likeness (QED) is 0.481. The number of benzene rings is 2. The number of fused-ring (bicyclic) bond motifs is 3. The summed E-state index contributed by atoms with van der Waals surface area (Å²) < 4.78 is 2.17. The smallest absolute Gasteiger partial charge is 0.328 e. The van der Waals surface area contributed by atoms with Crippen molar-refractivity contribution >= 4 is 28.5 Å². The molecule has 2 bridgehead atoms. The Morgan fingerprint density at radius 2 is 1.47 bits per heavy atom. The van der Waals surface area contributed by atoms with Crippen LogP contribution in [0.25, 0.3) is 22.0 Å². The first-order chi connectivity index (χ1) is 16.3. The van der Waals surface area contributed by atoms with Gasteiger partial charge in [0.05, 0.1) is 0 Å². The number of hydrogen-bond donors (Lipinski definition) is 3. The SMILES string of the molecule is CN1[C@@H]2CC[C@H]1C[C@@H](Nc1ccc(-c3ccc4c(ccn4C)c3)cc1)C2.O=C(O)/C=C/C(=O)O. The van der Waals surface area contributed by atoms with Gasteiger partial charge >= 0.3 is 11.9 Å². The first-order valence-corrected chi connectivity index (χ1v) is 11.6. The van der Waals surface area contributed by atoms with Crippen molar-refractivity contribution in [2.24, 2.45) is 7.05 Å². The predicted molar refractivity (Wildman–Crippen MR) is 134 cm³/mol. The molecule has 5 rings (SSSR count). The zero-order chi connectivity index (χ0) is 24.2. The van der Waals surface area contributed by atoms with E-state index in [1.165, 1.54) is 53.4 Å². The van der Waals surface area contributed by atoms with Gasteiger partial charge in [0, 0.05) is 60.1 Å². The van der Waals surface area contributed by atoms with Gasteiger partial charge in [0.15, 0.2) is 0 Å². The lowest BCUT2D eigenvalue weighted by Crippen LogP contribution is -2.44. The minimum absolute atomic E-state index is 0.558. The zero-order valence-corrected chi connectivity index (χ0v) is 19.5. The number of aliphatic carboxylic acids is 2. The van der Waals surface area contributed by atoms with Gasteiger partial charge in [-0.1, -0.05) is 18.2 Å². The summed E-state index contributed by atoms with van der Waals surface area (Å²) in [6.45, 7) is 0. The van der Waals surface area contributed by atoms with E-state index >= 15 is 0 Å². The highest BCUT2D eigenvalue weighted by Gasteiger charge is 2.38. The molecule has 2 aromatic carbocycles. The van der Waals surface area contributed by atoms with Crippen LogP contribution in [0.1, 0.15) is 25.7 Å². The molecule has 2 aliphatic heterocycles. The van der Waals surface area contributed by atoms with E-state index in [0.29, 0.717) is 18.2 Å². The van der Waals surface area contributed by atoms with E-state index in [1.807, 2.05) is 0 Å². The summed E-state index contributed by atoms with van der Waals surface area (Å²) in [5.74, 6) is -2.51. The molecule has 2 fully saturated rings. The van der Waals surface area contributed by atoms with Gasteiger partial charge in [0.1, 0.15) is 0 Å². The maximum atomic E-state index is 9.55. The summed E-state index contributed by atoms with van der Waals surface area (Å²) in [5.41, 5.74) is 5.10. The number of aryl methyl sites for hydroxylation is 1. The van der Waals surface area contributed by atoms with Gasteiger partial charge in [0.2, 0.25) is 0 Å². The molecule has 0 aliphatic carbocycles. The van der Waals surface area contributed by atoms with Gasteiger partial charge in [-0.05, 0) is 74.2 Å². The van der Waals surface area contributed by atoms with Crippen molar-refractivity contribution in [3.8, 4) is 11.1 Å². The Balaban J connectivity index is 0.000000297.